The number of azo groups is 1. The molecule has 0 fully saturated rings. The van der Waals surface area contributed by atoms with Crippen molar-refractivity contribution in [3.63, 3.8) is 0 Å². The van der Waals surface area contributed by atoms with Crippen molar-refractivity contribution in [3.8, 4) is 11.5 Å². The molecule has 3 rings (SSSR count). The lowest BCUT2D eigenvalue weighted by atomic mass is 10.2. The molecule has 0 atom stereocenters. The van der Waals surface area contributed by atoms with Crippen LogP contribution in [-0.4, -0.2) is 28.0 Å². The van der Waals surface area contributed by atoms with Crippen LogP contribution in [0.2, 0.25) is 0 Å². The number of H-pyrrole nitrogens is 1. The number of phenols is 1. The van der Waals surface area contributed by atoms with Crippen LogP contribution >= 0.6 is 0 Å². The Bertz CT molecular complexity index is 1070. The summed E-state index contributed by atoms with van der Waals surface area (Å²) in [4.78, 5) is 18.2. The average Bonchev–Trinajstić information content (AvgIpc) is 2.72. The molecule has 0 amide bonds. The molecule has 2 aromatic carbocycles. The van der Waals surface area contributed by atoms with Gasteiger partial charge in [-0.05, 0) is 43.3 Å². The summed E-state index contributed by atoms with van der Waals surface area (Å²) in [6.07, 6.45) is 1.40. The fraction of sp³-hybridized carbons (Fsp3) is 0.105. The van der Waals surface area contributed by atoms with Gasteiger partial charge in [-0.3, -0.25) is 15.2 Å². The highest BCUT2D eigenvalue weighted by atomic mass is 16.5. The van der Waals surface area contributed by atoms with E-state index in [0.717, 1.165) is 0 Å². The monoisotopic (exact) mass is 378 g/mol. The SMILES string of the molecule is COc1ccc(N/N=C(/N=Nc2ncc(C)c(=O)[nH]2)c2ccccc2O)cc1. The van der Waals surface area contributed by atoms with Crippen molar-refractivity contribution in [1.82, 2.24) is 9.97 Å². The van der Waals surface area contributed by atoms with E-state index in [9.17, 15) is 9.90 Å². The quantitative estimate of drug-likeness (QED) is 0.272. The van der Waals surface area contributed by atoms with Crippen molar-refractivity contribution in [1.29, 1.82) is 0 Å². The van der Waals surface area contributed by atoms with Gasteiger partial charge >= 0.3 is 0 Å². The minimum absolute atomic E-state index is 0.0120. The van der Waals surface area contributed by atoms with E-state index >= 15 is 0 Å². The summed E-state index contributed by atoms with van der Waals surface area (Å²) in [5.41, 5.74) is 4.07. The molecule has 1 heterocycles. The van der Waals surface area contributed by atoms with Crippen molar-refractivity contribution >= 4 is 17.5 Å². The van der Waals surface area contributed by atoms with Crippen LogP contribution in [0, 0.1) is 6.92 Å². The van der Waals surface area contributed by atoms with Crippen molar-refractivity contribution in [2.45, 2.75) is 6.92 Å². The van der Waals surface area contributed by atoms with Crippen LogP contribution < -0.4 is 15.7 Å². The molecule has 9 nitrogen and oxygen atoms in total. The highest BCUT2D eigenvalue weighted by Crippen LogP contribution is 2.20. The van der Waals surface area contributed by atoms with Crippen LogP contribution in [0.15, 0.2) is 74.9 Å². The maximum absolute atomic E-state index is 11.7. The fourth-order valence-corrected chi connectivity index (χ4v) is 2.18. The van der Waals surface area contributed by atoms with Crippen LogP contribution in [0.4, 0.5) is 11.6 Å². The Morgan fingerprint density at radius 2 is 1.93 bits per heavy atom. The molecule has 9 heteroatoms. The molecule has 0 aliphatic rings. The molecule has 1 aromatic heterocycles. The molecular weight excluding hydrogens is 360 g/mol. The molecule has 0 spiro atoms. The summed E-state index contributed by atoms with van der Waals surface area (Å²) in [5, 5.41) is 22.3. The number of hydrogen-bond acceptors (Lipinski definition) is 7. The summed E-state index contributed by atoms with van der Waals surface area (Å²) in [5.74, 6) is 0.840. The molecule has 0 aliphatic heterocycles. The number of hydrogen-bond donors (Lipinski definition) is 3. The molecular formula is C19H18N6O3. The van der Waals surface area contributed by atoms with Crippen molar-refractivity contribution in [3.05, 3.63) is 76.2 Å². The predicted octanol–water partition coefficient (Wildman–Crippen LogP) is 3.35. The van der Waals surface area contributed by atoms with Gasteiger partial charge in [0.2, 0.25) is 11.8 Å². The van der Waals surface area contributed by atoms with E-state index in [1.54, 1.807) is 56.5 Å². The molecule has 0 saturated carbocycles. The number of aromatic amines is 1. The molecule has 28 heavy (non-hydrogen) atoms. The third-order valence-electron chi connectivity index (χ3n) is 3.73. The van der Waals surface area contributed by atoms with E-state index in [4.69, 9.17) is 4.74 Å². The lowest BCUT2D eigenvalue weighted by molar-refractivity contribution is 0.415. The Morgan fingerprint density at radius 1 is 1.18 bits per heavy atom. The number of hydrazone groups is 1. The second-order valence-corrected chi connectivity index (χ2v) is 5.71. The number of methoxy groups -OCH3 is 1. The van der Waals surface area contributed by atoms with E-state index < -0.39 is 0 Å². The highest BCUT2D eigenvalue weighted by Gasteiger charge is 2.09. The van der Waals surface area contributed by atoms with Crippen molar-refractivity contribution in [2.24, 2.45) is 15.3 Å². The van der Waals surface area contributed by atoms with Crippen molar-refractivity contribution < 1.29 is 9.84 Å². The lowest BCUT2D eigenvalue weighted by Gasteiger charge is -2.06. The van der Waals surface area contributed by atoms with Gasteiger partial charge in [0.1, 0.15) is 11.5 Å². The Labute approximate surface area is 160 Å². The predicted molar refractivity (Wildman–Crippen MR) is 105 cm³/mol. The number of aromatic hydroxyl groups is 1. The number of rotatable bonds is 5. The molecule has 0 unspecified atom stereocenters. The maximum Gasteiger partial charge on any atom is 0.255 e. The molecule has 142 valence electrons. The number of nitrogens with one attached hydrogen (secondary N) is 2. The lowest BCUT2D eigenvalue weighted by Crippen LogP contribution is -2.09. The minimum atomic E-state index is -0.304. The number of aryl methyl sites for hydroxylation is 1. The van der Waals surface area contributed by atoms with E-state index in [-0.39, 0.29) is 23.1 Å². The standard InChI is InChI=1S/C19H18N6O3/c1-12-11-20-19(21-18(12)27)25-24-17(15-5-3-4-6-16(15)26)23-22-13-7-9-14(28-2)10-8-13/h3-11,22,26H,1-2H3,(H,20,21,27)/b23-17+,25-24?. The normalized spacial score (nSPS) is 11.6. The van der Waals surface area contributed by atoms with Gasteiger partial charge < -0.3 is 9.84 Å². The summed E-state index contributed by atoms with van der Waals surface area (Å²) >= 11 is 0. The number of para-hydroxylation sites is 1. The average molecular weight is 378 g/mol. The van der Waals surface area contributed by atoms with Crippen LogP contribution in [-0.2, 0) is 0 Å². The summed E-state index contributed by atoms with van der Waals surface area (Å²) in [7, 11) is 1.58. The zero-order valence-corrected chi connectivity index (χ0v) is 15.2. The molecule has 0 radical (unpaired) electrons. The van der Waals surface area contributed by atoms with Crippen LogP contribution in [0.3, 0.4) is 0 Å². The third kappa shape index (κ3) is 4.58. The Hall–Kier alpha value is -4.01. The van der Waals surface area contributed by atoms with Gasteiger partial charge in [0.15, 0.2) is 0 Å². The molecule has 0 bridgehead atoms. The zero-order valence-electron chi connectivity index (χ0n) is 15.2. The van der Waals surface area contributed by atoms with Gasteiger partial charge in [0.05, 0.1) is 18.4 Å². The second kappa shape index (κ2) is 8.58. The Balaban J connectivity index is 1.92. The summed E-state index contributed by atoms with van der Waals surface area (Å²) < 4.78 is 5.12. The number of amidine groups is 1. The Morgan fingerprint density at radius 3 is 2.61 bits per heavy atom. The molecule has 0 aliphatic carbocycles. The first-order chi connectivity index (χ1) is 13.6. The minimum Gasteiger partial charge on any atom is -0.507 e. The fourth-order valence-electron chi connectivity index (χ4n) is 2.18. The molecule has 0 saturated heterocycles. The van der Waals surface area contributed by atoms with Crippen molar-refractivity contribution in [2.75, 3.05) is 12.5 Å². The van der Waals surface area contributed by atoms with E-state index in [0.29, 0.717) is 22.6 Å². The van der Waals surface area contributed by atoms with E-state index in [2.05, 4.69) is 30.7 Å². The number of benzene rings is 2. The highest BCUT2D eigenvalue weighted by molar-refractivity contribution is 6.01. The van der Waals surface area contributed by atoms with Gasteiger partial charge in [-0.1, -0.05) is 12.1 Å². The van der Waals surface area contributed by atoms with Gasteiger partial charge in [0, 0.05) is 11.8 Å². The molecule has 3 aromatic rings. The summed E-state index contributed by atoms with van der Waals surface area (Å²) in [6, 6.07) is 13.7. The second-order valence-electron chi connectivity index (χ2n) is 5.71. The summed E-state index contributed by atoms with van der Waals surface area (Å²) in [6.45, 7) is 1.64. The van der Waals surface area contributed by atoms with Gasteiger partial charge in [-0.2, -0.15) is 5.10 Å². The van der Waals surface area contributed by atoms with Gasteiger partial charge in [-0.15, -0.1) is 10.2 Å². The zero-order chi connectivity index (χ0) is 19.9. The number of nitrogens with zero attached hydrogens (tertiary/aromatic N) is 4. The third-order valence-corrected chi connectivity index (χ3v) is 3.73. The Kier molecular flexibility index (Phi) is 5.75. The first kappa shape index (κ1) is 18.8. The van der Waals surface area contributed by atoms with E-state index in [1.807, 2.05) is 0 Å². The number of ether oxygens (including phenoxy) is 1. The van der Waals surface area contributed by atoms with Crippen LogP contribution in [0.5, 0.6) is 11.5 Å². The number of aromatic nitrogens is 2. The van der Waals surface area contributed by atoms with Gasteiger partial charge in [-0.25, -0.2) is 4.98 Å². The topological polar surface area (TPSA) is 124 Å². The van der Waals surface area contributed by atoms with Crippen LogP contribution in [0.1, 0.15) is 11.1 Å². The maximum atomic E-state index is 11.7. The van der Waals surface area contributed by atoms with E-state index in [1.165, 1.54) is 12.3 Å². The number of anilines is 1. The number of phenolic OH excluding ortho intramolecular Hbond substituents is 1. The molecule has 3 N–H and O–H groups in total. The van der Waals surface area contributed by atoms with Gasteiger partial charge in [0.25, 0.3) is 5.56 Å². The smallest absolute Gasteiger partial charge is 0.255 e. The largest absolute Gasteiger partial charge is 0.507 e. The van der Waals surface area contributed by atoms with Crippen LogP contribution in [0.25, 0.3) is 0 Å². The first-order valence-corrected chi connectivity index (χ1v) is 8.30. The first-order valence-electron chi connectivity index (χ1n) is 8.30.